The number of tetrazole rings is 1. The predicted molar refractivity (Wildman–Crippen MR) is 124 cm³/mol. The van der Waals surface area contributed by atoms with E-state index in [1.54, 1.807) is 24.3 Å². The number of carbonyl (C=O) groups is 1. The fourth-order valence-corrected chi connectivity index (χ4v) is 3.17. The molecule has 1 N–H and O–H groups in total. The number of hydrogen-bond donors (Lipinski definition) is 1. The van der Waals surface area contributed by atoms with Crippen LogP contribution >= 0.6 is 0 Å². The van der Waals surface area contributed by atoms with Gasteiger partial charge in [-0.15, -0.1) is 5.10 Å². The quantitative estimate of drug-likeness (QED) is 0.143. The molecule has 0 bridgehead atoms. The van der Waals surface area contributed by atoms with E-state index in [1.165, 1.54) is 28.9 Å². The molecule has 184 valence electrons. The molecule has 36 heavy (non-hydrogen) atoms. The number of benzene rings is 3. The molecule has 4 rings (SSSR count). The Kier molecular flexibility index (Phi) is 7.78. The molecule has 12 nitrogen and oxygen atoms in total. The first-order valence-corrected chi connectivity index (χ1v) is 10.8. The summed E-state index contributed by atoms with van der Waals surface area (Å²) in [7, 11) is 0. The average Bonchev–Trinajstić information content (AvgIpc) is 3.31. The zero-order valence-corrected chi connectivity index (χ0v) is 18.8. The first-order chi connectivity index (χ1) is 17.5. The van der Waals surface area contributed by atoms with Crippen molar-refractivity contribution in [3.63, 3.8) is 0 Å². The number of hydrogen-bond acceptors (Lipinski definition) is 10. The second-order valence-electron chi connectivity index (χ2n) is 7.52. The highest BCUT2D eigenvalue weighted by molar-refractivity contribution is 5.72. The summed E-state index contributed by atoms with van der Waals surface area (Å²) in [5.74, 6) is 0.596. The van der Waals surface area contributed by atoms with Crippen LogP contribution in [0.4, 0.5) is 5.69 Å². The van der Waals surface area contributed by atoms with Crippen LogP contribution in [0.5, 0.6) is 11.5 Å². The van der Waals surface area contributed by atoms with Crippen molar-refractivity contribution < 1.29 is 29.0 Å². The highest BCUT2D eigenvalue weighted by atomic mass is 16.8. The van der Waals surface area contributed by atoms with Gasteiger partial charge in [0, 0.05) is 18.6 Å². The van der Waals surface area contributed by atoms with Crippen molar-refractivity contribution in [1.82, 2.24) is 20.2 Å². The minimum absolute atomic E-state index is 0.0122. The van der Waals surface area contributed by atoms with Gasteiger partial charge in [0.2, 0.25) is 0 Å². The van der Waals surface area contributed by atoms with Crippen LogP contribution in [0.3, 0.4) is 0 Å². The predicted octanol–water partition coefficient (Wildman–Crippen LogP) is 2.65. The maximum atomic E-state index is 12.3. The number of nitro groups is 1. The maximum absolute atomic E-state index is 12.3. The molecule has 0 aliphatic heterocycles. The second kappa shape index (κ2) is 11.5. The number of aliphatic hydroxyl groups is 1. The summed E-state index contributed by atoms with van der Waals surface area (Å²) in [6.07, 6.45) is 0.519. The number of nitrogens with zero attached hydrogens (tertiary/aromatic N) is 5. The van der Waals surface area contributed by atoms with E-state index < -0.39 is 17.4 Å². The van der Waals surface area contributed by atoms with E-state index in [2.05, 4.69) is 15.5 Å². The fraction of sp³-hybridized carbons (Fsp3) is 0.167. The number of esters is 1. The monoisotopic (exact) mass is 491 g/mol. The van der Waals surface area contributed by atoms with E-state index in [4.69, 9.17) is 14.2 Å². The van der Waals surface area contributed by atoms with E-state index in [0.29, 0.717) is 23.6 Å². The summed E-state index contributed by atoms with van der Waals surface area (Å²) in [4.78, 5) is 22.4. The first kappa shape index (κ1) is 24.3. The normalized spacial score (nSPS) is 11.5. The van der Waals surface area contributed by atoms with Crippen molar-refractivity contribution in [2.24, 2.45) is 0 Å². The van der Waals surface area contributed by atoms with E-state index in [9.17, 15) is 20.0 Å². The minimum Gasteiger partial charge on any atom is -0.442 e. The van der Waals surface area contributed by atoms with Crippen molar-refractivity contribution >= 4 is 11.7 Å². The summed E-state index contributed by atoms with van der Waals surface area (Å²) in [6.45, 7) is -1.75. The maximum Gasteiger partial charge on any atom is 0.358 e. The van der Waals surface area contributed by atoms with Crippen LogP contribution in [-0.2, 0) is 29.1 Å². The van der Waals surface area contributed by atoms with E-state index >= 15 is 0 Å². The summed E-state index contributed by atoms with van der Waals surface area (Å²) in [5.41, 5.74) is 1.60. The number of nitro benzene ring substituents is 1. The molecule has 12 heteroatoms. The molecule has 0 aliphatic rings. The second-order valence-corrected chi connectivity index (χ2v) is 7.52. The van der Waals surface area contributed by atoms with Gasteiger partial charge in [0.1, 0.15) is 11.5 Å². The van der Waals surface area contributed by atoms with Gasteiger partial charge in [-0.05, 0) is 45.8 Å². The van der Waals surface area contributed by atoms with Crippen LogP contribution in [0.15, 0.2) is 78.9 Å². The SMILES string of the molecule is O=C(Cc1ccc(OC(O)Oc2ccc([N+](=O)[O-])cc2)cc1)OCn1nnnc1Cc1ccccc1. The summed E-state index contributed by atoms with van der Waals surface area (Å²) >= 11 is 0. The highest BCUT2D eigenvalue weighted by Crippen LogP contribution is 2.20. The standard InChI is InChI=1S/C24H21N5O7/c30-23(34-16-28-22(25-26-27-28)14-17-4-2-1-3-5-17)15-18-6-10-20(11-7-18)35-24(31)36-21-12-8-19(9-13-21)29(32)33/h1-13,24,31H,14-16H2. The van der Waals surface area contributed by atoms with Gasteiger partial charge >= 0.3 is 12.4 Å². The molecule has 0 amide bonds. The largest absolute Gasteiger partial charge is 0.442 e. The van der Waals surface area contributed by atoms with Crippen LogP contribution in [0.2, 0.25) is 0 Å². The number of aliphatic hydroxyl groups excluding tert-OH is 1. The Balaban J connectivity index is 1.23. The van der Waals surface area contributed by atoms with Gasteiger partial charge < -0.3 is 19.3 Å². The zero-order chi connectivity index (χ0) is 25.3. The third-order valence-electron chi connectivity index (χ3n) is 4.95. The lowest BCUT2D eigenvalue weighted by Gasteiger charge is -2.15. The molecule has 1 atom stereocenters. The Hall–Kier alpha value is -4.84. The number of ether oxygens (including phenoxy) is 3. The molecular weight excluding hydrogens is 470 g/mol. The van der Waals surface area contributed by atoms with Crippen LogP contribution in [-0.4, -0.2) is 42.7 Å². The number of rotatable bonds is 11. The van der Waals surface area contributed by atoms with Crippen LogP contribution < -0.4 is 9.47 Å². The van der Waals surface area contributed by atoms with E-state index in [1.807, 2.05) is 30.3 Å². The third-order valence-corrected chi connectivity index (χ3v) is 4.95. The number of non-ortho nitro benzene ring substituents is 1. The highest BCUT2D eigenvalue weighted by Gasteiger charge is 2.13. The molecule has 4 aromatic rings. The third kappa shape index (κ3) is 6.84. The van der Waals surface area contributed by atoms with Gasteiger partial charge in [0.05, 0.1) is 11.3 Å². The lowest BCUT2D eigenvalue weighted by atomic mass is 10.1. The average molecular weight is 491 g/mol. The van der Waals surface area contributed by atoms with Gasteiger partial charge in [0.15, 0.2) is 12.6 Å². The Bertz CT molecular complexity index is 1290. The lowest BCUT2D eigenvalue weighted by Crippen LogP contribution is -2.23. The first-order valence-electron chi connectivity index (χ1n) is 10.8. The summed E-state index contributed by atoms with van der Waals surface area (Å²) in [6, 6.07) is 21.3. The lowest BCUT2D eigenvalue weighted by molar-refractivity contribution is -0.384. The summed E-state index contributed by atoms with van der Waals surface area (Å²) < 4.78 is 17.2. The van der Waals surface area contributed by atoms with Crippen molar-refractivity contribution in [3.8, 4) is 11.5 Å². The van der Waals surface area contributed by atoms with Crippen LogP contribution in [0.1, 0.15) is 17.0 Å². The minimum atomic E-state index is -1.64. The molecule has 0 spiro atoms. The van der Waals surface area contributed by atoms with Crippen molar-refractivity contribution in [2.45, 2.75) is 26.0 Å². The van der Waals surface area contributed by atoms with Crippen molar-refractivity contribution in [3.05, 3.63) is 106 Å². The molecule has 0 fully saturated rings. The molecule has 0 saturated heterocycles. The van der Waals surface area contributed by atoms with E-state index in [-0.39, 0.29) is 24.6 Å². The molecule has 0 saturated carbocycles. The summed E-state index contributed by atoms with van der Waals surface area (Å²) in [5, 5.41) is 32.1. The number of carbonyl (C=O) groups excluding carboxylic acids is 1. The molecule has 1 aromatic heterocycles. The van der Waals surface area contributed by atoms with Gasteiger partial charge in [-0.2, -0.15) is 4.68 Å². The van der Waals surface area contributed by atoms with Gasteiger partial charge in [-0.25, -0.2) is 0 Å². The molecule has 0 radical (unpaired) electrons. The van der Waals surface area contributed by atoms with Crippen molar-refractivity contribution in [2.75, 3.05) is 0 Å². The molecule has 1 heterocycles. The smallest absolute Gasteiger partial charge is 0.358 e. The molecular formula is C24H21N5O7. The van der Waals surface area contributed by atoms with Crippen LogP contribution in [0.25, 0.3) is 0 Å². The topological polar surface area (TPSA) is 152 Å². The number of aromatic nitrogens is 4. The zero-order valence-electron chi connectivity index (χ0n) is 18.8. The molecule has 0 aliphatic carbocycles. The van der Waals surface area contributed by atoms with Gasteiger partial charge in [-0.1, -0.05) is 42.5 Å². The molecule has 1 unspecified atom stereocenters. The van der Waals surface area contributed by atoms with Crippen molar-refractivity contribution in [1.29, 1.82) is 0 Å². The molecule has 3 aromatic carbocycles. The Morgan fingerprint density at radius 1 is 0.944 bits per heavy atom. The Morgan fingerprint density at radius 2 is 1.58 bits per heavy atom. The van der Waals surface area contributed by atoms with Gasteiger partial charge in [-0.3, -0.25) is 14.9 Å². The van der Waals surface area contributed by atoms with E-state index in [0.717, 1.165) is 5.56 Å². The Labute approximate surface area is 204 Å². The fourth-order valence-electron chi connectivity index (χ4n) is 3.17. The van der Waals surface area contributed by atoms with Crippen LogP contribution in [0, 0.1) is 10.1 Å². The van der Waals surface area contributed by atoms with Gasteiger partial charge in [0.25, 0.3) is 5.69 Å². The Morgan fingerprint density at radius 3 is 2.22 bits per heavy atom.